The number of esters is 1. The molecule has 2 aromatic rings. The summed E-state index contributed by atoms with van der Waals surface area (Å²) in [5.74, 6) is 0.850. The SMILES string of the molecule is CC.CC1OC(=O)C2CC3CC(=O)CCC3C(/C=C/c3ccc(-c4cccc(F)c4)cn3)C12. The number of ketones is 1. The number of fused-ring (bicyclic) bond motifs is 2. The molecule has 0 radical (unpaired) electrons. The second kappa shape index (κ2) is 9.98. The normalized spacial score (nSPS) is 30.8. The molecule has 1 aliphatic heterocycles. The third kappa shape index (κ3) is 4.78. The standard InChI is InChI=1S/C26H26FNO3.C2H6/c1-15-25-23(22-10-8-21(29)12-18(22)13-24(25)26(30)31-15)9-7-20-6-5-17(14-28-20)16-3-2-4-19(27)11-16;1-2/h2-7,9,11,14-15,18,22-25H,8,10,12-13H2,1H3;1-2H3/b9-7+;. The van der Waals surface area contributed by atoms with E-state index in [-0.39, 0.29) is 41.6 Å². The van der Waals surface area contributed by atoms with Crippen molar-refractivity contribution in [1.82, 2.24) is 4.98 Å². The number of hydrogen-bond donors (Lipinski definition) is 0. The zero-order chi connectivity index (χ0) is 23.5. The van der Waals surface area contributed by atoms with Gasteiger partial charge in [-0.05, 0) is 67.4 Å². The number of carbonyl (C=O) groups is 2. The van der Waals surface area contributed by atoms with Crippen molar-refractivity contribution in [2.75, 3.05) is 0 Å². The Hall–Kier alpha value is -2.82. The Morgan fingerprint density at radius 2 is 1.94 bits per heavy atom. The molecule has 5 heteroatoms. The molecule has 6 atom stereocenters. The molecular formula is C28H32FNO3. The Labute approximate surface area is 195 Å². The molecular weight excluding hydrogens is 417 g/mol. The number of aromatic nitrogens is 1. The lowest BCUT2D eigenvalue weighted by Gasteiger charge is -2.45. The molecule has 3 aliphatic rings. The predicted molar refractivity (Wildman–Crippen MR) is 126 cm³/mol. The summed E-state index contributed by atoms with van der Waals surface area (Å²) >= 11 is 0. The van der Waals surface area contributed by atoms with Gasteiger partial charge in [0.2, 0.25) is 0 Å². The van der Waals surface area contributed by atoms with Gasteiger partial charge in [0.15, 0.2) is 0 Å². The number of Topliss-reactive ketones (excluding diaryl/α,β-unsaturated/α-hetero) is 1. The van der Waals surface area contributed by atoms with Crippen LogP contribution >= 0.6 is 0 Å². The van der Waals surface area contributed by atoms with Crippen LogP contribution in [0.4, 0.5) is 4.39 Å². The fraction of sp³-hybridized carbons (Fsp3) is 0.464. The number of cyclic esters (lactones) is 1. The highest BCUT2D eigenvalue weighted by Crippen LogP contribution is 2.53. The fourth-order valence-corrected chi connectivity index (χ4v) is 5.98. The highest BCUT2D eigenvalue weighted by molar-refractivity contribution is 5.80. The highest BCUT2D eigenvalue weighted by atomic mass is 19.1. The number of allylic oxidation sites excluding steroid dienone is 1. The van der Waals surface area contributed by atoms with Gasteiger partial charge < -0.3 is 4.74 Å². The van der Waals surface area contributed by atoms with Crippen LogP contribution in [0.25, 0.3) is 17.2 Å². The average Bonchev–Trinajstić information content (AvgIpc) is 3.11. The number of ether oxygens (including phenoxy) is 1. The van der Waals surface area contributed by atoms with Crippen LogP contribution in [0.3, 0.4) is 0 Å². The maximum atomic E-state index is 13.5. The maximum absolute atomic E-state index is 13.5. The van der Waals surface area contributed by atoms with Crippen LogP contribution < -0.4 is 0 Å². The monoisotopic (exact) mass is 449 g/mol. The Morgan fingerprint density at radius 1 is 1.12 bits per heavy atom. The molecule has 0 bridgehead atoms. The number of carbonyl (C=O) groups excluding carboxylic acids is 2. The van der Waals surface area contributed by atoms with Gasteiger partial charge in [0.25, 0.3) is 0 Å². The highest BCUT2D eigenvalue weighted by Gasteiger charge is 2.54. The number of halogens is 1. The van der Waals surface area contributed by atoms with Crippen molar-refractivity contribution in [3.63, 3.8) is 0 Å². The molecule has 0 N–H and O–H groups in total. The van der Waals surface area contributed by atoms with Gasteiger partial charge in [-0.15, -0.1) is 0 Å². The summed E-state index contributed by atoms with van der Waals surface area (Å²) in [5.41, 5.74) is 2.48. The summed E-state index contributed by atoms with van der Waals surface area (Å²) < 4.78 is 19.1. The number of nitrogens with zero attached hydrogens (tertiary/aromatic N) is 1. The molecule has 4 nitrogen and oxygen atoms in total. The van der Waals surface area contributed by atoms with E-state index in [0.717, 1.165) is 29.7 Å². The van der Waals surface area contributed by atoms with Crippen LogP contribution in [0.2, 0.25) is 0 Å². The van der Waals surface area contributed by atoms with Gasteiger partial charge in [0.1, 0.15) is 17.7 Å². The van der Waals surface area contributed by atoms with Crippen molar-refractivity contribution in [1.29, 1.82) is 0 Å². The van der Waals surface area contributed by atoms with Gasteiger partial charge in [0, 0.05) is 30.5 Å². The second-order valence-corrected chi connectivity index (χ2v) is 9.19. The predicted octanol–water partition coefficient (Wildman–Crippen LogP) is 6.11. The first-order chi connectivity index (χ1) is 16.0. The summed E-state index contributed by atoms with van der Waals surface area (Å²) in [6.07, 6.45) is 8.73. The van der Waals surface area contributed by atoms with E-state index >= 15 is 0 Å². The lowest BCUT2D eigenvalue weighted by Crippen LogP contribution is -2.44. The van der Waals surface area contributed by atoms with Crippen LogP contribution in [0.1, 0.15) is 52.1 Å². The van der Waals surface area contributed by atoms with Crippen molar-refractivity contribution >= 4 is 17.8 Å². The number of benzene rings is 1. The first kappa shape index (κ1) is 23.3. The third-order valence-electron chi connectivity index (χ3n) is 7.39. The summed E-state index contributed by atoms with van der Waals surface area (Å²) in [7, 11) is 0. The molecule has 33 heavy (non-hydrogen) atoms. The summed E-state index contributed by atoms with van der Waals surface area (Å²) in [6.45, 7) is 5.99. The molecule has 6 unspecified atom stereocenters. The van der Waals surface area contributed by atoms with Crippen molar-refractivity contribution in [3.05, 3.63) is 60.2 Å². The van der Waals surface area contributed by atoms with E-state index in [1.54, 1.807) is 12.3 Å². The molecule has 0 spiro atoms. The molecule has 2 heterocycles. The van der Waals surface area contributed by atoms with Gasteiger partial charge >= 0.3 is 5.97 Å². The Balaban J connectivity index is 0.00000126. The number of pyridine rings is 1. The molecule has 2 aliphatic carbocycles. The molecule has 2 saturated carbocycles. The number of rotatable bonds is 3. The van der Waals surface area contributed by atoms with E-state index in [1.165, 1.54) is 12.1 Å². The van der Waals surface area contributed by atoms with E-state index in [9.17, 15) is 14.0 Å². The molecule has 1 aromatic carbocycles. The van der Waals surface area contributed by atoms with E-state index in [2.05, 4.69) is 11.1 Å². The Morgan fingerprint density at radius 3 is 2.67 bits per heavy atom. The van der Waals surface area contributed by atoms with Gasteiger partial charge in [0.05, 0.1) is 11.6 Å². The zero-order valence-corrected chi connectivity index (χ0v) is 19.5. The second-order valence-electron chi connectivity index (χ2n) is 9.19. The minimum absolute atomic E-state index is 0.103. The van der Waals surface area contributed by atoms with Crippen molar-refractivity contribution in [3.8, 4) is 11.1 Å². The van der Waals surface area contributed by atoms with E-state index in [0.29, 0.717) is 24.5 Å². The first-order valence-electron chi connectivity index (χ1n) is 12.1. The smallest absolute Gasteiger partial charge is 0.309 e. The van der Waals surface area contributed by atoms with Crippen LogP contribution in [-0.4, -0.2) is 22.8 Å². The van der Waals surface area contributed by atoms with Crippen LogP contribution in [0, 0.1) is 35.4 Å². The lowest BCUT2D eigenvalue weighted by atomic mass is 9.57. The largest absolute Gasteiger partial charge is 0.462 e. The van der Waals surface area contributed by atoms with Crippen molar-refractivity contribution in [2.24, 2.45) is 29.6 Å². The van der Waals surface area contributed by atoms with Crippen molar-refractivity contribution < 1.29 is 18.7 Å². The van der Waals surface area contributed by atoms with Gasteiger partial charge in [-0.2, -0.15) is 0 Å². The summed E-state index contributed by atoms with van der Waals surface area (Å²) in [6, 6.07) is 10.3. The average molecular weight is 450 g/mol. The van der Waals surface area contributed by atoms with E-state index in [1.807, 2.05) is 45.0 Å². The van der Waals surface area contributed by atoms with E-state index in [4.69, 9.17) is 4.74 Å². The van der Waals surface area contributed by atoms with Crippen LogP contribution in [0.15, 0.2) is 48.7 Å². The fourth-order valence-electron chi connectivity index (χ4n) is 5.98. The zero-order valence-electron chi connectivity index (χ0n) is 19.5. The molecule has 1 saturated heterocycles. The maximum Gasteiger partial charge on any atom is 0.309 e. The minimum atomic E-state index is -0.267. The molecule has 0 amide bonds. The van der Waals surface area contributed by atoms with Gasteiger partial charge in [-0.25, -0.2) is 4.39 Å². The van der Waals surface area contributed by atoms with Crippen molar-refractivity contribution in [2.45, 2.75) is 52.6 Å². The summed E-state index contributed by atoms with van der Waals surface area (Å²) in [4.78, 5) is 29.0. The Bertz CT molecular complexity index is 1030. The molecule has 174 valence electrons. The first-order valence-corrected chi connectivity index (χ1v) is 12.1. The van der Waals surface area contributed by atoms with Crippen LogP contribution in [-0.2, 0) is 14.3 Å². The third-order valence-corrected chi connectivity index (χ3v) is 7.39. The molecule has 3 fully saturated rings. The minimum Gasteiger partial charge on any atom is -0.462 e. The van der Waals surface area contributed by atoms with Gasteiger partial charge in [-0.1, -0.05) is 38.1 Å². The summed E-state index contributed by atoms with van der Waals surface area (Å²) in [5, 5.41) is 0. The van der Waals surface area contributed by atoms with Crippen LogP contribution in [0.5, 0.6) is 0 Å². The quantitative estimate of drug-likeness (QED) is 0.531. The Kier molecular flexibility index (Phi) is 7.06. The molecule has 1 aromatic heterocycles. The molecule has 5 rings (SSSR count). The lowest BCUT2D eigenvalue weighted by molar-refractivity contribution is -0.144. The van der Waals surface area contributed by atoms with Gasteiger partial charge in [-0.3, -0.25) is 14.6 Å². The topological polar surface area (TPSA) is 56.3 Å². The number of hydrogen-bond acceptors (Lipinski definition) is 4. The van der Waals surface area contributed by atoms with E-state index < -0.39 is 0 Å².